The smallest absolute Gasteiger partial charge is 0.250 e. The van der Waals surface area contributed by atoms with Gasteiger partial charge in [-0.15, -0.1) is 0 Å². The minimum Gasteiger partial charge on any atom is -0.344 e. The van der Waals surface area contributed by atoms with Crippen LogP contribution in [0.1, 0.15) is 38.8 Å². The van der Waals surface area contributed by atoms with Crippen LogP contribution >= 0.6 is 0 Å². The van der Waals surface area contributed by atoms with Crippen LogP contribution < -0.4 is 10.9 Å². The van der Waals surface area contributed by atoms with E-state index in [-0.39, 0.29) is 29.2 Å². The quantitative estimate of drug-likeness (QED) is 0.896. The molecule has 6 nitrogen and oxygen atoms in total. The molecule has 3 atom stereocenters. The average Bonchev–Trinajstić information content (AvgIpc) is 2.52. The zero-order chi connectivity index (χ0) is 17.4. The molecule has 6 heteroatoms. The summed E-state index contributed by atoms with van der Waals surface area (Å²) in [5.74, 6) is 0.335. The van der Waals surface area contributed by atoms with Crippen LogP contribution in [0.4, 0.5) is 0 Å². The molecule has 1 saturated heterocycles. The number of nitrogens with zero attached hydrogens (tertiary/aromatic N) is 2. The first-order valence-electron chi connectivity index (χ1n) is 8.62. The van der Waals surface area contributed by atoms with Gasteiger partial charge < -0.3 is 14.8 Å². The van der Waals surface area contributed by atoms with Gasteiger partial charge in [0.2, 0.25) is 11.8 Å². The first kappa shape index (κ1) is 16.7. The summed E-state index contributed by atoms with van der Waals surface area (Å²) in [6.07, 6.45) is 1.01. The second-order valence-electron chi connectivity index (χ2n) is 7.36. The maximum absolute atomic E-state index is 12.9. The van der Waals surface area contributed by atoms with Gasteiger partial charge in [0.15, 0.2) is 0 Å². The van der Waals surface area contributed by atoms with Crippen molar-refractivity contribution in [2.75, 3.05) is 13.1 Å². The molecule has 3 heterocycles. The van der Waals surface area contributed by atoms with Crippen molar-refractivity contribution in [3.05, 3.63) is 34.2 Å². The van der Waals surface area contributed by atoms with Crippen LogP contribution in [-0.4, -0.2) is 40.4 Å². The minimum absolute atomic E-state index is 0.0124. The van der Waals surface area contributed by atoms with Gasteiger partial charge in [0.05, 0.1) is 0 Å². The second kappa shape index (κ2) is 6.42. The first-order valence-corrected chi connectivity index (χ1v) is 8.62. The van der Waals surface area contributed by atoms with Crippen molar-refractivity contribution in [3.8, 4) is 0 Å². The predicted molar refractivity (Wildman–Crippen MR) is 90.6 cm³/mol. The molecule has 1 N–H and O–H groups in total. The minimum atomic E-state index is -0.487. The van der Waals surface area contributed by atoms with Crippen molar-refractivity contribution in [3.63, 3.8) is 0 Å². The van der Waals surface area contributed by atoms with Crippen LogP contribution in [0.2, 0.25) is 0 Å². The van der Waals surface area contributed by atoms with Crippen molar-refractivity contribution in [1.82, 2.24) is 14.8 Å². The molecule has 0 spiro atoms. The molecule has 1 aromatic heterocycles. The van der Waals surface area contributed by atoms with Gasteiger partial charge in [-0.25, -0.2) is 0 Å². The Bertz CT molecular complexity index is 710. The molecule has 0 radical (unpaired) electrons. The molecular weight excluding hydrogens is 306 g/mol. The summed E-state index contributed by atoms with van der Waals surface area (Å²) in [4.78, 5) is 38.3. The molecule has 2 aliphatic heterocycles. The third-order valence-corrected chi connectivity index (χ3v) is 5.08. The number of hydrogen-bond acceptors (Lipinski definition) is 3. The van der Waals surface area contributed by atoms with Gasteiger partial charge in [-0.2, -0.15) is 0 Å². The number of pyridine rings is 1. The van der Waals surface area contributed by atoms with Crippen LogP contribution in [0.25, 0.3) is 0 Å². The largest absolute Gasteiger partial charge is 0.344 e. The number of aromatic nitrogens is 1. The number of likely N-dealkylation sites (tertiary alicyclic amines) is 1. The summed E-state index contributed by atoms with van der Waals surface area (Å²) in [6.45, 7) is 7.26. The molecule has 2 aliphatic rings. The molecule has 0 aliphatic carbocycles. The highest BCUT2D eigenvalue weighted by Crippen LogP contribution is 2.35. The summed E-state index contributed by atoms with van der Waals surface area (Å²) < 4.78 is 1.86. The Morgan fingerprint density at radius 1 is 1.21 bits per heavy atom. The van der Waals surface area contributed by atoms with Crippen molar-refractivity contribution in [2.24, 2.45) is 11.8 Å². The third kappa shape index (κ3) is 3.09. The zero-order valence-electron chi connectivity index (χ0n) is 14.5. The first-order chi connectivity index (χ1) is 11.4. The van der Waals surface area contributed by atoms with E-state index in [1.54, 1.807) is 12.1 Å². The van der Waals surface area contributed by atoms with Crippen LogP contribution in [0.15, 0.2) is 23.0 Å². The van der Waals surface area contributed by atoms with Crippen LogP contribution in [-0.2, 0) is 16.1 Å². The monoisotopic (exact) mass is 331 g/mol. The summed E-state index contributed by atoms with van der Waals surface area (Å²) in [5, 5.41) is 2.79. The molecule has 1 fully saturated rings. The molecule has 3 rings (SSSR count). The standard InChI is InChI=1S/C18H25N3O3/c1-11(2)17(19-12(3)22)18(24)20-8-13-7-14(10-20)15-5-4-6-16(23)21(15)9-13/h4-6,11,13-14,17H,7-10H2,1-3H3,(H,19,22). The predicted octanol–water partition coefficient (Wildman–Crippen LogP) is 0.955. The Hall–Kier alpha value is -2.11. The summed E-state index contributed by atoms with van der Waals surface area (Å²) >= 11 is 0. The highest BCUT2D eigenvalue weighted by molar-refractivity contribution is 5.87. The fourth-order valence-corrected chi connectivity index (χ4v) is 4.01. The normalized spacial score (nSPS) is 23.6. The molecule has 130 valence electrons. The number of rotatable bonds is 3. The Balaban J connectivity index is 1.82. The van der Waals surface area contributed by atoms with E-state index in [1.807, 2.05) is 29.4 Å². The van der Waals surface area contributed by atoms with E-state index in [2.05, 4.69) is 5.32 Å². The summed E-state index contributed by atoms with van der Waals surface area (Å²) in [6, 6.07) is 4.89. The zero-order valence-corrected chi connectivity index (χ0v) is 14.5. The molecule has 24 heavy (non-hydrogen) atoms. The molecule has 2 amide bonds. The lowest BCUT2D eigenvalue weighted by molar-refractivity contribution is -0.139. The molecule has 1 aromatic rings. The maximum Gasteiger partial charge on any atom is 0.250 e. The highest BCUT2D eigenvalue weighted by atomic mass is 16.2. The molecule has 0 aromatic carbocycles. The van der Waals surface area contributed by atoms with Gasteiger partial charge in [0.1, 0.15) is 6.04 Å². The van der Waals surface area contributed by atoms with Gasteiger partial charge in [0, 0.05) is 44.2 Å². The Labute approximate surface area is 141 Å². The molecule has 3 unspecified atom stereocenters. The Morgan fingerprint density at radius 2 is 1.96 bits per heavy atom. The maximum atomic E-state index is 12.9. The number of carbonyl (C=O) groups is 2. The van der Waals surface area contributed by atoms with Crippen molar-refractivity contribution >= 4 is 11.8 Å². The summed E-state index contributed by atoms with van der Waals surface area (Å²) in [7, 11) is 0. The van der Waals surface area contributed by atoms with E-state index in [0.29, 0.717) is 25.6 Å². The fourth-order valence-electron chi connectivity index (χ4n) is 4.01. The van der Waals surface area contributed by atoms with E-state index in [0.717, 1.165) is 12.1 Å². The van der Waals surface area contributed by atoms with Crippen molar-refractivity contribution in [1.29, 1.82) is 0 Å². The number of carbonyl (C=O) groups excluding carboxylic acids is 2. The van der Waals surface area contributed by atoms with E-state index < -0.39 is 6.04 Å². The molecule has 0 saturated carbocycles. The average molecular weight is 331 g/mol. The van der Waals surface area contributed by atoms with Crippen LogP contribution in [0.3, 0.4) is 0 Å². The fraction of sp³-hybridized carbons (Fsp3) is 0.611. The lowest BCUT2D eigenvalue weighted by Gasteiger charge is -2.44. The lowest BCUT2D eigenvalue weighted by atomic mass is 9.82. The Kier molecular flexibility index (Phi) is 4.47. The topological polar surface area (TPSA) is 71.4 Å². The Morgan fingerprint density at radius 3 is 2.62 bits per heavy atom. The van der Waals surface area contributed by atoms with E-state index in [1.165, 1.54) is 6.92 Å². The number of fused-ring (bicyclic) bond motifs is 4. The number of nitrogens with one attached hydrogen (secondary N) is 1. The van der Waals surface area contributed by atoms with E-state index in [4.69, 9.17) is 0 Å². The number of amides is 2. The van der Waals surface area contributed by atoms with E-state index >= 15 is 0 Å². The van der Waals surface area contributed by atoms with Crippen molar-refractivity contribution < 1.29 is 9.59 Å². The SMILES string of the molecule is CC(=O)NC(C(=O)N1CC2CC(C1)c1cccc(=O)n1C2)C(C)C. The van der Waals surface area contributed by atoms with Gasteiger partial charge in [-0.05, 0) is 24.3 Å². The lowest BCUT2D eigenvalue weighted by Crippen LogP contribution is -2.56. The highest BCUT2D eigenvalue weighted by Gasteiger charge is 2.38. The third-order valence-electron chi connectivity index (χ3n) is 5.08. The number of piperidine rings is 1. The van der Waals surface area contributed by atoms with Gasteiger partial charge in [0.25, 0.3) is 5.56 Å². The van der Waals surface area contributed by atoms with Gasteiger partial charge in [-0.1, -0.05) is 19.9 Å². The van der Waals surface area contributed by atoms with Gasteiger partial charge in [-0.3, -0.25) is 14.4 Å². The number of hydrogen-bond donors (Lipinski definition) is 1. The molecule has 2 bridgehead atoms. The molecular formula is C18H25N3O3. The second-order valence-corrected chi connectivity index (χ2v) is 7.36. The van der Waals surface area contributed by atoms with Crippen molar-refractivity contribution in [2.45, 2.75) is 45.7 Å². The summed E-state index contributed by atoms with van der Waals surface area (Å²) in [5.41, 5.74) is 1.07. The van der Waals surface area contributed by atoms with E-state index in [9.17, 15) is 14.4 Å². The van der Waals surface area contributed by atoms with Crippen LogP contribution in [0.5, 0.6) is 0 Å². The van der Waals surface area contributed by atoms with Crippen LogP contribution in [0, 0.1) is 11.8 Å². The van der Waals surface area contributed by atoms with Gasteiger partial charge >= 0.3 is 0 Å².